The van der Waals surface area contributed by atoms with Crippen LogP contribution >= 0.6 is 15.9 Å². The number of benzene rings is 2. The first-order valence-corrected chi connectivity index (χ1v) is 7.64. The van der Waals surface area contributed by atoms with Crippen molar-refractivity contribution < 1.29 is 9.47 Å². The summed E-state index contributed by atoms with van der Waals surface area (Å²) in [5, 5.41) is 0. The number of para-hydroxylation sites is 1. The van der Waals surface area contributed by atoms with Gasteiger partial charge < -0.3 is 9.47 Å². The number of aryl methyl sites for hydroxylation is 1. The molecule has 2 aromatic rings. The average Bonchev–Trinajstić information content (AvgIpc) is 2.48. The van der Waals surface area contributed by atoms with Crippen LogP contribution < -0.4 is 9.47 Å². The normalized spacial score (nSPS) is 17.2. The molecule has 0 aliphatic carbocycles. The highest BCUT2D eigenvalue weighted by atomic mass is 79.9. The van der Waals surface area contributed by atoms with Gasteiger partial charge in [-0.15, -0.1) is 0 Å². The van der Waals surface area contributed by atoms with E-state index in [-0.39, 0.29) is 0 Å². The molecule has 104 valence electrons. The zero-order chi connectivity index (χ0) is 13.9. The molecular formula is C17H17BrO2. The summed E-state index contributed by atoms with van der Waals surface area (Å²) in [6.45, 7) is 3.53. The molecule has 0 spiro atoms. The van der Waals surface area contributed by atoms with Gasteiger partial charge >= 0.3 is 0 Å². The van der Waals surface area contributed by atoms with Crippen molar-refractivity contribution >= 4 is 15.9 Å². The standard InChI is InChI=1S/C17H17BrO2/c1-12-10-14(6-7-16(12)18)20-11-13-8-9-19-17-5-3-2-4-15(13)17/h2-7,10,13H,8-9,11H2,1H3. The lowest BCUT2D eigenvalue weighted by atomic mass is 9.94. The maximum Gasteiger partial charge on any atom is 0.122 e. The van der Waals surface area contributed by atoms with Crippen LogP contribution in [0, 0.1) is 6.92 Å². The largest absolute Gasteiger partial charge is 0.493 e. The minimum Gasteiger partial charge on any atom is -0.493 e. The quantitative estimate of drug-likeness (QED) is 0.810. The molecule has 1 aliphatic heterocycles. The lowest BCUT2D eigenvalue weighted by Crippen LogP contribution is -2.19. The van der Waals surface area contributed by atoms with E-state index in [1.54, 1.807) is 0 Å². The SMILES string of the molecule is Cc1cc(OCC2CCOc3ccccc32)ccc1Br. The van der Waals surface area contributed by atoms with Crippen LogP contribution in [0.15, 0.2) is 46.9 Å². The summed E-state index contributed by atoms with van der Waals surface area (Å²) in [6.07, 6.45) is 1.01. The van der Waals surface area contributed by atoms with Crippen LogP contribution in [0.3, 0.4) is 0 Å². The van der Waals surface area contributed by atoms with E-state index in [0.29, 0.717) is 12.5 Å². The topological polar surface area (TPSA) is 18.5 Å². The maximum atomic E-state index is 5.96. The molecule has 0 radical (unpaired) electrons. The summed E-state index contributed by atoms with van der Waals surface area (Å²) >= 11 is 3.51. The molecule has 0 amide bonds. The Morgan fingerprint density at radius 2 is 2.10 bits per heavy atom. The molecule has 1 unspecified atom stereocenters. The summed E-state index contributed by atoms with van der Waals surface area (Å²) in [5.74, 6) is 2.33. The van der Waals surface area contributed by atoms with Crippen molar-refractivity contribution in [2.75, 3.05) is 13.2 Å². The lowest BCUT2D eigenvalue weighted by Gasteiger charge is -2.25. The Kier molecular flexibility index (Phi) is 3.97. The fourth-order valence-electron chi connectivity index (χ4n) is 2.49. The minimum atomic E-state index is 0.406. The van der Waals surface area contributed by atoms with Crippen LogP contribution in [0.1, 0.15) is 23.5 Å². The summed E-state index contributed by atoms with van der Waals surface area (Å²) in [7, 11) is 0. The third kappa shape index (κ3) is 2.83. The van der Waals surface area contributed by atoms with Crippen LogP contribution in [0.25, 0.3) is 0 Å². The van der Waals surface area contributed by atoms with Crippen LogP contribution in [-0.2, 0) is 0 Å². The van der Waals surface area contributed by atoms with Crippen molar-refractivity contribution in [3.63, 3.8) is 0 Å². The molecule has 0 bridgehead atoms. The van der Waals surface area contributed by atoms with E-state index >= 15 is 0 Å². The first-order valence-electron chi connectivity index (χ1n) is 6.85. The van der Waals surface area contributed by atoms with E-state index in [0.717, 1.165) is 29.0 Å². The molecule has 0 N–H and O–H groups in total. The summed E-state index contributed by atoms with van der Waals surface area (Å²) < 4.78 is 12.8. The van der Waals surface area contributed by atoms with E-state index in [1.165, 1.54) is 11.1 Å². The number of hydrogen-bond donors (Lipinski definition) is 0. The van der Waals surface area contributed by atoms with E-state index in [1.807, 2.05) is 24.3 Å². The molecule has 1 atom stereocenters. The molecule has 2 aromatic carbocycles. The van der Waals surface area contributed by atoms with Crippen LogP contribution in [-0.4, -0.2) is 13.2 Å². The molecule has 0 aromatic heterocycles. The van der Waals surface area contributed by atoms with Crippen molar-refractivity contribution in [1.29, 1.82) is 0 Å². The van der Waals surface area contributed by atoms with Crippen molar-refractivity contribution in [2.24, 2.45) is 0 Å². The third-order valence-electron chi connectivity index (χ3n) is 3.66. The number of halogens is 1. The zero-order valence-electron chi connectivity index (χ0n) is 11.4. The first kappa shape index (κ1) is 13.5. The highest BCUT2D eigenvalue weighted by Crippen LogP contribution is 2.34. The monoisotopic (exact) mass is 332 g/mol. The Morgan fingerprint density at radius 3 is 2.95 bits per heavy atom. The molecule has 0 saturated heterocycles. The molecule has 3 heteroatoms. The average molecular weight is 333 g/mol. The molecule has 1 heterocycles. The highest BCUT2D eigenvalue weighted by Gasteiger charge is 2.21. The zero-order valence-corrected chi connectivity index (χ0v) is 13.0. The van der Waals surface area contributed by atoms with E-state index in [9.17, 15) is 0 Å². The van der Waals surface area contributed by atoms with Gasteiger partial charge in [-0.2, -0.15) is 0 Å². The Labute approximate surface area is 127 Å². The van der Waals surface area contributed by atoms with E-state index in [2.05, 4.69) is 41.1 Å². The molecule has 0 fully saturated rings. The Bertz CT molecular complexity index is 610. The second kappa shape index (κ2) is 5.88. The number of fused-ring (bicyclic) bond motifs is 1. The Morgan fingerprint density at radius 1 is 1.25 bits per heavy atom. The molecule has 1 aliphatic rings. The lowest BCUT2D eigenvalue weighted by molar-refractivity contribution is 0.217. The number of rotatable bonds is 3. The van der Waals surface area contributed by atoms with E-state index in [4.69, 9.17) is 9.47 Å². The van der Waals surface area contributed by atoms with E-state index < -0.39 is 0 Å². The van der Waals surface area contributed by atoms with Gasteiger partial charge in [-0.1, -0.05) is 34.1 Å². The van der Waals surface area contributed by atoms with Gasteiger partial charge in [0.15, 0.2) is 0 Å². The second-order valence-electron chi connectivity index (χ2n) is 5.09. The molecule has 0 saturated carbocycles. The minimum absolute atomic E-state index is 0.406. The van der Waals surface area contributed by atoms with Gasteiger partial charge in [-0.05, 0) is 43.2 Å². The number of ether oxygens (including phenoxy) is 2. The van der Waals surface area contributed by atoms with Gasteiger partial charge in [0.05, 0.1) is 13.2 Å². The van der Waals surface area contributed by atoms with Crippen LogP contribution in [0.5, 0.6) is 11.5 Å². The fraction of sp³-hybridized carbons (Fsp3) is 0.294. The number of hydrogen-bond acceptors (Lipinski definition) is 2. The van der Waals surface area contributed by atoms with Crippen LogP contribution in [0.4, 0.5) is 0 Å². The fourth-order valence-corrected chi connectivity index (χ4v) is 2.74. The van der Waals surface area contributed by atoms with Gasteiger partial charge in [0.2, 0.25) is 0 Å². The first-order chi connectivity index (χ1) is 9.74. The predicted molar refractivity (Wildman–Crippen MR) is 83.7 cm³/mol. The van der Waals surface area contributed by atoms with Gasteiger partial charge in [-0.3, -0.25) is 0 Å². The Hall–Kier alpha value is -1.48. The molecule has 2 nitrogen and oxygen atoms in total. The summed E-state index contributed by atoms with van der Waals surface area (Å²) in [6, 6.07) is 14.3. The molecular weight excluding hydrogens is 316 g/mol. The maximum absolute atomic E-state index is 5.96. The van der Waals surface area contributed by atoms with Crippen LogP contribution in [0.2, 0.25) is 0 Å². The van der Waals surface area contributed by atoms with Gasteiger partial charge in [0.25, 0.3) is 0 Å². The highest BCUT2D eigenvalue weighted by molar-refractivity contribution is 9.10. The predicted octanol–water partition coefficient (Wildman–Crippen LogP) is 4.70. The molecule has 3 rings (SSSR count). The Balaban J connectivity index is 1.71. The van der Waals surface area contributed by atoms with Crippen molar-refractivity contribution in [2.45, 2.75) is 19.3 Å². The van der Waals surface area contributed by atoms with Crippen molar-refractivity contribution in [1.82, 2.24) is 0 Å². The smallest absolute Gasteiger partial charge is 0.122 e. The van der Waals surface area contributed by atoms with Gasteiger partial charge in [0, 0.05) is 16.0 Å². The second-order valence-corrected chi connectivity index (χ2v) is 5.95. The summed E-state index contributed by atoms with van der Waals surface area (Å²) in [5.41, 5.74) is 2.45. The van der Waals surface area contributed by atoms with Gasteiger partial charge in [-0.25, -0.2) is 0 Å². The summed E-state index contributed by atoms with van der Waals surface area (Å²) in [4.78, 5) is 0. The van der Waals surface area contributed by atoms with Crippen molar-refractivity contribution in [3.8, 4) is 11.5 Å². The van der Waals surface area contributed by atoms with Crippen molar-refractivity contribution in [3.05, 3.63) is 58.1 Å². The third-order valence-corrected chi connectivity index (χ3v) is 4.55. The van der Waals surface area contributed by atoms with Gasteiger partial charge in [0.1, 0.15) is 11.5 Å². The molecule has 20 heavy (non-hydrogen) atoms.